The summed E-state index contributed by atoms with van der Waals surface area (Å²) in [5, 5.41) is 0.458. The first-order valence-corrected chi connectivity index (χ1v) is 10.7. The Morgan fingerprint density at radius 1 is 0.966 bits per heavy atom. The van der Waals surface area contributed by atoms with Crippen LogP contribution in [0.15, 0.2) is 30.6 Å². The number of morpholine rings is 1. The molecule has 0 bridgehead atoms. The fourth-order valence-corrected chi connectivity index (χ4v) is 4.29. The average molecular weight is 413 g/mol. The summed E-state index contributed by atoms with van der Waals surface area (Å²) in [7, 11) is 0. The summed E-state index contributed by atoms with van der Waals surface area (Å²) in [6, 6.07) is 8.11. The van der Waals surface area contributed by atoms with Crippen molar-refractivity contribution >= 4 is 28.6 Å². The fourth-order valence-electron chi connectivity index (χ4n) is 4.11. The molecule has 1 aromatic carbocycles. The molecule has 3 aromatic rings. The third-order valence-electron chi connectivity index (χ3n) is 5.75. The number of hydrogen-bond acceptors (Lipinski definition) is 6. The number of halogens is 1. The molecule has 8 heteroatoms. The zero-order valence-corrected chi connectivity index (χ0v) is 17.2. The number of imidazole rings is 1. The van der Waals surface area contributed by atoms with Crippen molar-refractivity contribution < 1.29 is 4.74 Å². The van der Waals surface area contributed by atoms with Crippen molar-refractivity contribution in [2.75, 3.05) is 50.8 Å². The van der Waals surface area contributed by atoms with Gasteiger partial charge in [0, 0.05) is 37.8 Å². The lowest BCUT2D eigenvalue weighted by Gasteiger charge is -2.27. The van der Waals surface area contributed by atoms with Gasteiger partial charge in [-0.1, -0.05) is 17.7 Å². The van der Waals surface area contributed by atoms with E-state index in [-0.39, 0.29) is 0 Å². The highest BCUT2D eigenvalue weighted by Crippen LogP contribution is 2.26. The van der Waals surface area contributed by atoms with Crippen molar-refractivity contribution in [3.05, 3.63) is 35.7 Å². The minimum Gasteiger partial charge on any atom is -0.378 e. The molecular weight excluding hydrogens is 388 g/mol. The highest BCUT2D eigenvalue weighted by atomic mass is 35.5. The van der Waals surface area contributed by atoms with Crippen LogP contribution >= 0.6 is 11.6 Å². The minimum absolute atomic E-state index is 0.458. The first-order chi connectivity index (χ1) is 14.3. The molecular formula is C21H25ClN6O. The van der Waals surface area contributed by atoms with Crippen LogP contribution in [0.1, 0.15) is 12.8 Å². The lowest BCUT2D eigenvalue weighted by atomic mass is 10.1. The molecule has 0 N–H and O–H groups in total. The maximum absolute atomic E-state index is 6.34. The van der Waals surface area contributed by atoms with Gasteiger partial charge in [0.25, 0.3) is 0 Å². The van der Waals surface area contributed by atoms with Gasteiger partial charge in [-0.15, -0.1) is 0 Å². The summed E-state index contributed by atoms with van der Waals surface area (Å²) >= 11 is 6.34. The summed E-state index contributed by atoms with van der Waals surface area (Å²) in [4.78, 5) is 18.4. The van der Waals surface area contributed by atoms with Crippen LogP contribution in [0.2, 0.25) is 5.15 Å². The van der Waals surface area contributed by atoms with Crippen LogP contribution in [-0.4, -0.2) is 70.4 Å². The van der Waals surface area contributed by atoms with Crippen LogP contribution in [-0.2, 0) is 11.3 Å². The number of ether oxygens (including phenoxy) is 1. The minimum atomic E-state index is 0.458. The van der Waals surface area contributed by atoms with Crippen LogP contribution in [0.3, 0.4) is 0 Å². The first-order valence-electron chi connectivity index (χ1n) is 10.3. The fraction of sp³-hybridized carbons (Fsp3) is 0.476. The largest absolute Gasteiger partial charge is 0.378 e. The van der Waals surface area contributed by atoms with Crippen molar-refractivity contribution in [1.29, 1.82) is 0 Å². The van der Waals surface area contributed by atoms with Gasteiger partial charge in [-0.05, 0) is 38.1 Å². The Morgan fingerprint density at radius 2 is 1.79 bits per heavy atom. The summed E-state index contributed by atoms with van der Waals surface area (Å²) < 4.78 is 7.67. The third kappa shape index (κ3) is 4.08. The van der Waals surface area contributed by atoms with E-state index in [4.69, 9.17) is 21.3 Å². The van der Waals surface area contributed by atoms with E-state index in [2.05, 4.69) is 42.5 Å². The second-order valence-electron chi connectivity index (χ2n) is 7.67. The van der Waals surface area contributed by atoms with Gasteiger partial charge in [-0.3, -0.25) is 0 Å². The normalized spacial score (nSPS) is 18.0. The molecule has 2 aromatic heterocycles. The Hall–Kier alpha value is -2.22. The number of benzene rings is 1. The summed E-state index contributed by atoms with van der Waals surface area (Å²) in [5.41, 5.74) is 3.99. The number of aromatic nitrogens is 4. The Morgan fingerprint density at radius 3 is 2.62 bits per heavy atom. The van der Waals surface area contributed by atoms with E-state index >= 15 is 0 Å². The Kier molecular flexibility index (Phi) is 5.35. The van der Waals surface area contributed by atoms with Gasteiger partial charge in [0.2, 0.25) is 5.95 Å². The molecule has 2 saturated heterocycles. The number of hydrogen-bond donors (Lipinski definition) is 0. The van der Waals surface area contributed by atoms with Crippen LogP contribution in [0.25, 0.3) is 22.3 Å². The van der Waals surface area contributed by atoms with Crippen molar-refractivity contribution in [1.82, 2.24) is 24.4 Å². The molecule has 29 heavy (non-hydrogen) atoms. The van der Waals surface area contributed by atoms with Gasteiger partial charge >= 0.3 is 0 Å². The van der Waals surface area contributed by atoms with E-state index < -0.39 is 0 Å². The predicted molar refractivity (Wildman–Crippen MR) is 114 cm³/mol. The van der Waals surface area contributed by atoms with E-state index in [1.807, 2.05) is 12.4 Å². The summed E-state index contributed by atoms with van der Waals surface area (Å²) in [6.45, 7) is 7.37. The number of nitrogens with zero attached hydrogens (tertiary/aromatic N) is 6. The summed E-state index contributed by atoms with van der Waals surface area (Å²) in [6.07, 6.45) is 4.57. The van der Waals surface area contributed by atoms with Gasteiger partial charge in [0.05, 0.1) is 36.3 Å². The van der Waals surface area contributed by atoms with Crippen LogP contribution < -0.4 is 4.90 Å². The van der Waals surface area contributed by atoms with E-state index in [0.29, 0.717) is 24.3 Å². The molecule has 0 amide bonds. The zero-order chi connectivity index (χ0) is 19.6. The maximum Gasteiger partial charge on any atom is 0.227 e. The van der Waals surface area contributed by atoms with Gasteiger partial charge in [0.15, 0.2) is 0 Å². The molecule has 0 spiro atoms. The lowest BCUT2D eigenvalue weighted by Crippen LogP contribution is -2.37. The molecule has 4 heterocycles. The van der Waals surface area contributed by atoms with Crippen molar-refractivity contribution in [2.24, 2.45) is 0 Å². The van der Waals surface area contributed by atoms with Crippen molar-refractivity contribution in [2.45, 2.75) is 19.4 Å². The predicted octanol–water partition coefficient (Wildman–Crippen LogP) is 3.08. The number of rotatable bonds is 5. The lowest BCUT2D eigenvalue weighted by molar-refractivity contribution is 0.122. The topological polar surface area (TPSA) is 59.3 Å². The second-order valence-corrected chi connectivity index (χ2v) is 8.05. The molecule has 2 aliphatic heterocycles. The van der Waals surface area contributed by atoms with E-state index in [1.165, 1.54) is 25.9 Å². The SMILES string of the molecule is Clc1cc(-c2ccc3ncn(CCN4CCCC4)c3c2)nc(N2CCOCC2)n1. The number of likely N-dealkylation sites (tertiary alicyclic amines) is 1. The molecule has 152 valence electrons. The van der Waals surface area contributed by atoms with Gasteiger partial charge in [-0.2, -0.15) is 0 Å². The quantitative estimate of drug-likeness (QED) is 0.600. The number of fused-ring (bicyclic) bond motifs is 1. The third-order valence-corrected chi connectivity index (χ3v) is 5.94. The highest BCUT2D eigenvalue weighted by Gasteiger charge is 2.17. The first kappa shape index (κ1) is 18.8. The average Bonchev–Trinajstić information content (AvgIpc) is 3.42. The molecule has 0 atom stereocenters. The van der Waals surface area contributed by atoms with Crippen molar-refractivity contribution in [3.8, 4) is 11.3 Å². The highest BCUT2D eigenvalue weighted by molar-refractivity contribution is 6.29. The van der Waals surface area contributed by atoms with Crippen LogP contribution in [0.5, 0.6) is 0 Å². The summed E-state index contributed by atoms with van der Waals surface area (Å²) in [5.74, 6) is 0.665. The standard InChI is InChI=1S/C21H25ClN6O/c22-20-14-18(24-21(25-20)27-9-11-29-12-10-27)16-3-4-17-19(13-16)28(15-23-17)8-7-26-5-1-2-6-26/h3-4,13-15H,1-2,5-12H2. The zero-order valence-electron chi connectivity index (χ0n) is 16.4. The van der Waals surface area contributed by atoms with Crippen LogP contribution in [0.4, 0.5) is 5.95 Å². The molecule has 2 fully saturated rings. The Labute approximate surface area is 175 Å². The van der Waals surface area contributed by atoms with E-state index in [1.54, 1.807) is 0 Å². The molecule has 7 nitrogen and oxygen atoms in total. The van der Waals surface area contributed by atoms with E-state index in [9.17, 15) is 0 Å². The van der Waals surface area contributed by atoms with E-state index in [0.717, 1.165) is 48.5 Å². The molecule has 2 aliphatic rings. The van der Waals surface area contributed by atoms with Gasteiger partial charge in [0.1, 0.15) is 5.15 Å². The Balaban J connectivity index is 1.43. The maximum atomic E-state index is 6.34. The van der Waals surface area contributed by atoms with Gasteiger partial charge < -0.3 is 19.1 Å². The van der Waals surface area contributed by atoms with Crippen LogP contribution in [0, 0.1) is 0 Å². The molecule has 5 rings (SSSR count). The second kappa shape index (κ2) is 8.26. The molecule has 0 aliphatic carbocycles. The molecule has 0 saturated carbocycles. The number of anilines is 1. The molecule has 0 radical (unpaired) electrons. The molecule has 0 unspecified atom stereocenters. The monoisotopic (exact) mass is 412 g/mol. The van der Waals surface area contributed by atoms with Crippen molar-refractivity contribution in [3.63, 3.8) is 0 Å². The Bertz CT molecular complexity index is 994. The van der Waals surface area contributed by atoms with Gasteiger partial charge in [-0.25, -0.2) is 15.0 Å². The smallest absolute Gasteiger partial charge is 0.227 e.